The van der Waals surface area contributed by atoms with Crippen molar-refractivity contribution >= 4 is 12.0 Å². The molecular formula is C19H28O4. The fourth-order valence-corrected chi connectivity index (χ4v) is 2.32. The van der Waals surface area contributed by atoms with Gasteiger partial charge in [0.05, 0.1) is 13.7 Å². The second-order valence-electron chi connectivity index (χ2n) is 5.55. The molecule has 0 bridgehead atoms. The minimum atomic E-state index is -0.969. The summed E-state index contributed by atoms with van der Waals surface area (Å²) < 4.78 is 11.1. The molecule has 0 saturated heterocycles. The summed E-state index contributed by atoms with van der Waals surface area (Å²) in [6, 6.07) is 5.42. The molecule has 0 heterocycles. The molecule has 0 unspecified atom stereocenters. The van der Waals surface area contributed by atoms with Crippen LogP contribution < -0.4 is 9.47 Å². The van der Waals surface area contributed by atoms with Gasteiger partial charge in [0, 0.05) is 6.08 Å². The summed E-state index contributed by atoms with van der Waals surface area (Å²) in [4.78, 5) is 10.5. The van der Waals surface area contributed by atoms with E-state index in [1.807, 2.05) is 12.1 Å². The highest BCUT2D eigenvalue weighted by Gasteiger charge is 2.05. The molecular weight excluding hydrogens is 292 g/mol. The largest absolute Gasteiger partial charge is 0.493 e. The zero-order chi connectivity index (χ0) is 16.9. The summed E-state index contributed by atoms with van der Waals surface area (Å²) >= 11 is 0. The number of benzene rings is 1. The van der Waals surface area contributed by atoms with Crippen molar-refractivity contribution in [3.05, 3.63) is 29.8 Å². The van der Waals surface area contributed by atoms with Gasteiger partial charge in [0.15, 0.2) is 11.5 Å². The fraction of sp³-hybridized carbons (Fsp3) is 0.526. The normalized spacial score (nSPS) is 10.9. The Hall–Kier alpha value is -1.97. The lowest BCUT2D eigenvalue weighted by Crippen LogP contribution is -1.99. The van der Waals surface area contributed by atoms with Gasteiger partial charge in [-0.3, -0.25) is 0 Å². The molecule has 1 N–H and O–H groups in total. The maximum Gasteiger partial charge on any atom is 0.328 e. The van der Waals surface area contributed by atoms with E-state index in [9.17, 15) is 4.79 Å². The Balaban J connectivity index is 2.37. The zero-order valence-electron chi connectivity index (χ0n) is 14.2. The highest BCUT2D eigenvalue weighted by molar-refractivity contribution is 5.85. The number of hydrogen-bond acceptors (Lipinski definition) is 3. The average molecular weight is 320 g/mol. The maximum atomic E-state index is 10.5. The molecule has 0 saturated carbocycles. The molecule has 0 fully saturated rings. The summed E-state index contributed by atoms with van der Waals surface area (Å²) in [5.41, 5.74) is 0.771. The standard InChI is InChI=1S/C19H28O4/c1-3-4-5-6-7-8-9-14-23-17-12-10-16(11-13-19(20)21)15-18(17)22-2/h10-13,15H,3-9,14H2,1-2H3,(H,20,21)/b13-11+. The van der Waals surface area contributed by atoms with Gasteiger partial charge in [0.2, 0.25) is 0 Å². The Bertz CT molecular complexity index is 494. The number of rotatable bonds is 12. The lowest BCUT2D eigenvalue weighted by molar-refractivity contribution is -0.131. The van der Waals surface area contributed by atoms with Gasteiger partial charge >= 0.3 is 5.97 Å². The summed E-state index contributed by atoms with van der Waals surface area (Å²) in [6.07, 6.45) is 11.4. The lowest BCUT2D eigenvalue weighted by Gasteiger charge is -2.11. The number of carbonyl (C=O) groups is 1. The Morgan fingerprint density at radius 3 is 2.43 bits per heavy atom. The Morgan fingerprint density at radius 2 is 1.78 bits per heavy atom. The van der Waals surface area contributed by atoms with Crippen molar-refractivity contribution in [1.29, 1.82) is 0 Å². The van der Waals surface area contributed by atoms with Crippen molar-refractivity contribution in [2.24, 2.45) is 0 Å². The van der Waals surface area contributed by atoms with Crippen molar-refractivity contribution in [3.8, 4) is 11.5 Å². The molecule has 4 heteroatoms. The van der Waals surface area contributed by atoms with Crippen molar-refractivity contribution in [1.82, 2.24) is 0 Å². The molecule has 1 aromatic carbocycles. The van der Waals surface area contributed by atoms with Gasteiger partial charge in [-0.1, -0.05) is 51.5 Å². The number of carboxylic acids is 1. The molecule has 0 aliphatic heterocycles. The average Bonchev–Trinajstić information content (AvgIpc) is 2.55. The van der Waals surface area contributed by atoms with Crippen LogP contribution in [0.5, 0.6) is 11.5 Å². The molecule has 0 aromatic heterocycles. The molecule has 1 aromatic rings. The van der Waals surface area contributed by atoms with Crippen LogP contribution in [0.1, 0.15) is 57.4 Å². The second-order valence-corrected chi connectivity index (χ2v) is 5.55. The summed E-state index contributed by atoms with van der Waals surface area (Å²) in [6.45, 7) is 2.90. The van der Waals surface area contributed by atoms with Crippen LogP contribution >= 0.6 is 0 Å². The Morgan fingerprint density at radius 1 is 1.09 bits per heavy atom. The van der Waals surface area contributed by atoms with Crippen LogP contribution in [0, 0.1) is 0 Å². The molecule has 0 atom stereocenters. The van der Waals surface area contributed by atoms with Crippen LogP contribution in [0.15, 0.2) is 24.3 Å². The van der Waals surface area contributed by atoms with E-state index < -0.39 is 5.97 Å². The minimum Gasteiger partial charge on any atom is -0.493 e. The predicted molar refractivity (Wildman–Crippen MR) is 93.2 cm³/mol. The van der Waals surface area contributed by atoms with E-state index in [0.29, 0.717) is 18.1 Å². The van der Waals surface area contributed by atoms with Crippen LogP contribution in [0.4, 0.5) is 0 Å². The monoisotopic (exact) mass is 320 g/mol. The fourth-order valence-electron chi connectivity index (χ4n) is 2.32. The summed E-state index contributed by atoms with van der Waals surface area (Å²) in [5, 5.41) is 8.65. The first-order chi connectivity index (χ1) is 11.2. The van der Waals surface area contributed by atoms with E-state index >= 15 is 0 Å². The third kappa shape index (κ3) is 8.29. The van der Waals surface area contributed by atoms with E-state index in [1.165, 1.54) is 44.6 Å². The van der Waals surface area contributed by atoms with Crippen molar-refractivity contribution in [3.63, 3.8) is 0 Å². The minimum absolute atomic E-state index is 0.625. The van der Waals surface area contributed by atoms with Crippen LogP contribution in [0.25, 0.3) is 6.08 Å². The van der Waals surface area contributed by atoms with E-state index in [0.717, 1.165) is 18.1 Å². The van der Waals surface area contributed by atoms with Crippen molar-refractivity contribution in [2.75, 3.05) is 13.7 Å². The van der Waals surface area contributed by atoms with Crippen molar-refractivity contribution < 1.29 is 19.4 Å². The third-order valence-electron chi connectivity index (χ3n) is 3.61. The smallest absolute Gasteiger partial charge is 0.328 e. The van der Waals surface area contributed by atoms with Crippen LogP contribution in [-0.2, 0) is 4.79 Å². The molecule has 0 spiro atoms. The third-order valence-corrected chi connectivity index (χ3v) is 3.61. The Labute approximate surface area is 139 Å². The summed E-state index contributed by atoms with van der Waals surface area (Å²) in [5.74, 6) is 0.356. The molecule has 0 radical (unpaired) electrons. The number of unbranched alkanes of at least 4 members (excludes halogenated alkanes) is 6. The second kappa shape index (κ2) is 11.6. The van der Waals surface area contributed by atoms with Crippen molar-refractivity contribution in [2.45, 2.75) is 51.9 Å². The number of methoxy groups -OCH3 is 1. The SMILES string of the molecule is CCCCCCCCCOc1ccc(/C=C/C(=O)O)cc1OC. The van der Waals surface area contributed by atoms with E-state index in [-0.39, 0.29) is 0 Å². The van der Waals surface area contributed by atoms with Crippen LogP contribution in [0.2, 0.25) is 0 Å². The van der Waals surface area contributed by atoms with E-state index in [2.05, 4.69) is 6.92 Å². The molecule has 0 amide bonds. The molecule has 4 nitrogen and oxygen atoms in total. The molecule has 23 heavy (non-hydrogen) atoms. The van der Waals surface area contributed by atoms with Gasteiger partial charge < -0.3 is 14.6 Å². The first-order valence-electron chi connectivity index (χ1n) is 8.39. The maximum absolute atomic E-state index is 10.5. The van der Waals surface area contributed by atoms with Crippen LogP contribution in [0.3, 0.4) is 0 Å². The van der Waals surface area contributed by atoms with Gasteiger partial charge in [-0.2, -0.15) is 0 Å². The number of hydrogen-bond donors (Lipinski definition) is 1. The number of ether oxygens (including phenoxy) is 2. The van der Waals surface area contributed by atoms with Gasteiger partial charge in [0.25, 0.3) is 0 Å². The molecule has 0 aliphatic rings. The molecule has 1 rings (SSSR count). The number of carboxylic acid groups (broad SMARTS) is 1. The molecule has 128 valence electrons. The van der Waals surface area contributed by atoms with E-state index in [1.54, 1.807) is 13.2 Å². The highest BCUT2D eigenvalue weighted by atomic mass is 16.5. The van der Waals surface area contributed by atoms with Crippen LogP contribution in [-0.4, -0.2) is 24.8 Å². The Kier molecular flexibility index (Phi) is 9.60. The first kappa shape index (κ1) is 19.1. The summed E-state index contributed by atoms with van der Waals surface area (Å²) in [7, 11) is 1.58. The van der Waals surface area contributed by atoms with Gasteiger partial charge in [-0.15, -0.1) is 0 Å². The van der Waals surface area contributed by atoms with Gasteiger partial charge in [0.1, 0.15) is 0 Å². The topological polar surface area (TPSA) is 55.8 Å². The highest BCUT2D eigenvalue weighted by Crippen LogP contribution is 2.28. The zero-order valence-corrected chi connectivity index (χ0v) is 14.2. The predicted octanol–water partition coefficient (Wildman–Crippen LogP) is 4.92. The quantitative estimate of drug-likeness (QED) is 0.438. The van der Waals surface area contributed by atoms with E-state index in [4.69, 9.17) is 14.6 Å². The van der Waals surface area contributed by atoms with Gasteiger partial charge in [-0.25, -0.2) is 4.79 Å². The molecule has 0 aliphatic carbocycles. The lowest BCUT2D eigenvalue weighted by atomic mass is 10.1. The van der Waals surface area contributed by atoms with Gasteiger partial charge in [-0.05, 0) is 30.2 Å². The number of aliphatic carboxylic acids is 1. The first-order valence-corrected chi connectivity index (χ1v) is 8.39.